The van der Waals surface area contributed by atoms with Crippen molar-refractivity contribution in [3.63, 3.8) is 0 Å². The normalized spacial score (nSPS) is 14.4. The third-order valence-electron chi connectivity index (χ3n) is 2.69. The number of rotatable bonds is 7. The Kier molecular flexibility index (Phi) is 7.35. The largest absolute Gasteiger partial charge is 0.460 e. The van der Waals surface area contributed by atoms with Crippen molar-refractivity contribution in [1.82, 2.24) is 5.32 Å². The molecule has 0 rings (SSSR count). The molecule has 0 aliphatic rings. The first kappa shape index (κ1) is 19.4. The summed E-state index contributed by atoms with van der Waals surface area (Å²) in [4.78, 5) is 34.6. The van der Waals surface area contributed by atoms with Crippen molar-refractivity contribution in [2.45, 2.75) is 65.1 Å². The number of nitrogens with one attached hydrogen (secondary N) is 1. The van der Waals surface area contributed by atoms with Gasteiger partial charge in [0.25, 0.3) is 0 Å². The van der Waals surface area contributed by atoms with E-state index in [1.165, 1.54) is 0 Å². The molecule has 21 heavy (non-hydrogen) atoms. The molecule has 0 aromatic rings. The fourth-order valence-corrected chi connectivity index (χ4v) is 1.62. The summed E-state index contributed by atoms with van der Waals surface area (Å²) in [5.74, 6) is -1.67. The zero-order valence-corrected chi connectivity index (χ0v) is 13.4. The van der Waals surface area contributed by atoms with Crippen LogP contribution in [-0.2, 0) is 19.1 Å². The molecule has 2 atom stereocenters. The topological polar surface area (TPSA) is 125 Å². The first-order chi connectivity index (χ1) is 9.44. The van der Waals surface area contributed by atoms with Crippen LogP contribution in [0.25, 0.3) is 0 Å². The highest BCUT2D eigenvalue weighted by Gasteiger charge is 2.25. The van der Waals surface area contributed by atoms with Gasteiger partial charge in [-0.15, -0.1) is 0 Å². The minimum Gasteiger partial charge on any atom is -0.460 e. The van der Waals surface area contributed by atoms with E-state index in [2.05, 4.69) is 5.32 Å². The predicted octanol–water partition coefficient (Wildman–Crippen LogP) is 0.0617. The van der Waals surface area contributed by atoms with Crippen molar-refractivity contribution in [1.29, 1.82) is 0 Å². The number of amides is 2. The number of carbonyl (C=O) groups excluding carboxylic acids is 3. The molecule has 0 aliphatic carbocycles. The monoisotopic (exact) mass is 301 g/mol. The molecular formula is C14H27N3O4. The van der Waals surface area contributed by atoms with Gasteiger partial charge in [0.05, 0.1) is 6.04 Å². The zero-order chi connectivity index (χ0) is 16.8. The summed E-state index contributed by atoms with van der Waals surface area (Å²) in [6, 6.07) is -1.66. The molecule has 7 nitrogen and oxygen atoms in total. The maximum absolute atomic E-state index is 11.9. The highest BCUT2D eigenvalue weighted by atomic mass is 16.6. The number of esters is 1. The second-order valence-corrected chi connectivity index (χ2v) is 6.36. The van der Waals surface area contributed by atoms with Crippen LogP contribution in [0.2, 0.25) is 0 Å². The Morgan fingerprint density at radius 1 is 1.19 bits per heavy atom. The molecule has 0 radical (unpaired) electrons. The third kappa shape index (κ3) is 8.29. The van der Waals surface area contributed by atoms with E-state index < -0.39 is 35.5 Å². The lowest BCUT2D eigenvalue weighted by Crippen LogP contribution is -2.52. The highest BCUT2D eigenvalue weighted by molar-refractivity contribution is 5.89. The molecule has 0 saturated heterocycles. The lowest BCUT2D eigenvalue weighted by atomic mass is 10.0. The molecule has 0 heterocycles. The molecule has 0 aliphatic heterocycles. The van der Waals surface area contributed by atoms with Crippen molar-refractivity contribution in [3.05, 3.63) is 0 Å². The molecule has 122 valence electrons. The van der Waals surface area contributed by atoms with Crippen LogP contribution in [0.15, 0.2) is 0 Å². The molecule has 5 N–H and O–H groups in total. The van der Waals surface area contributed by atoms with Gasteiger partial charge in [0.1, 0.15) is 11.6 Å². The summed E-state index contributed by atoms with van der Waals surface area (Å²) in [5, 5.41) is 2.50. The summed E-state index contributed by atoms with van der Waals surface area (Å²) in [7, 11) is 0. The number of ether oxygens (including phenoxy) is 1. The van der Waals surface area contributed by atoms with Crippen molar-refractivity contribution in [2.75, 3.05) is 0 Å². The van der Waals surface area contributed by atoms with E-state index in [0.717, 1.165) is 0 Å². The molecule has 0 saturated carbocycles. The predicted molar refractivity (Wildman–Crippen MR) is 79.0 cm³/mol. The van der Waals surface area contributed by atoms with Crippen molar-refractivity contribution in [3.8, 4) is 0 Å². The van der Waals surface area contributed by atoms with Gasteiger partial charge in [-0.05, 0) is 33.1 Å². The minimum atomic E-state index is -0.891. The highest BCUT2D eigenvalue weighted by Crippen LogP contribution is 2.10. The lowest BCUT2D eigenvalue weighted by molar-refractivity contribution is -0.155. The standard InChI is InChI=1S/C14H27N3O4/c1-8(2)11(12(16)19)17-13(20)9(15)6-7-10(18)21-14(3,4)5/h8-9,11H,6-7,15H2,1-5H3,(H2,16,19)(H,17,20)/t9-,11-/m0/s1. The Bertz CT molecular complexity index is 388. The van der Waals surface area contributed by atoms with E-state index in [-0.39, 0.29) is 18.8 Å². The smallest absolute Gasteiger partial charge is 0.306 e. The molecule has 2 amide bonds. The lowest BCUT2D eigenvalue weighted by Gasteiger charge is -2.22. The molecule has 0 bridgehead atoms. The van der Waals surface area contributed by atoms with Gasteiger partial charge < -0.3 is 21.5 Å². The summed E-state index contributed by atoms with van der Waals surface area (Å²) < 4.78 is 5.13. The van der Waals surface area contributed by atoms with Crippen molar-refractivity contribution >= 4 is 17.8 Å². The minimum absolute atomic E-state index is 0.0365. The van der Waals surface area contributed by atoms with E-state index in [1.807, 2.05) is 0 Å². The summed E-state index contributed by atoms with van der Waals surface area (Å²) >= 11 is 0. The first-order valence-electron chi connectivity index (χ1n) is 7.01. The number of nitrogens with two attached hydrogens (primary N) is 2. The van der Waals surface area contributed by atoms with Crippen LogP contribution in [0, 0.1) is 5.92 Å². The van der Waals surface area contributed by atoms with Crippen LogP contribution in [0.1, 0.15) is 47.5 Å². The zero-order valence-electron chi connectivity index (χ0n) is 13.4. The maximum Gasteiger partial charge on any atom is 0.306 e. The Labute approximate surface area is 125 Å². The Morgan fingerprint density at radius 3 is 2.10 bits per heavy atom. The second kappa shape index (κ2) is 7.97. The third-order valence-corrected chi connectivity index (χ3v) is 2.69. The second-order valence-electron chi connectivity index (χ2n) is 6.36. The SMILES string of the molecule is CC(C)[C@H](NC(=O)[C@@H](N)CCC(=O)OC(C)(C)C)C(N)=O. The first-order valence-corrected chi connectivity index (χ1v) is 7.01. The summed E-state index contributed by atoms with van der Waals surface area (Å²) in [6.45, 7) is 8.82. The van der Waals surface area contributed by atoms with E-state index in [0.29, 0.717) is 0 Å². The van der Waals surface area contributed by atoms with E-state index >= 15 is 0 Å². The molecule has 7 heteroatoms. The van der Waals surface area contributed by atoms with Gasteiger partial charge in [0.2, 0.25) is 11.8 Å². The van der Waals surface area contributed by atoms with Crippen LogP contribution in [0.5, 0.6) is 0 Å². The van der Waals surface area contributed by atoms with E-state index in [9.17, 15) is 14.4 Å². The van der Waals surface area contributed by atoms with Crippen LogP contribution in [0.3, 0.4) is 0 Å². The molecule has 0 fully saturated rings. The number of primary amides is 1. The van der Waals surface area contributed by atoms with Gasteiger partial charge in [-0.3, -0.25) is 14.4 Å². The average molecular weight is 301 g/mol. The molecule has 0 unspecified atom stereocenters. The Hall–Kier alpha value is -1.63. The number of hydrogen-bond acceptors (Lipinski definition) is 5. The fourth-order valence-electron chi connectivity index (χ4n) is 1.62. The molecule has 0 aromatic heterocycles. The van der Waals surface area contributed by atoms with E-state index in [4.69, 9.17) is 16.2 Å². The Morgan fingerprint density at radius 2 is 1.71 bits per heavy atom. The van der Waals surface area contributed by atoms with Crippen LogP contribution < -0.4 is 16.8 Å². The quantitative estimate of drug-likeness (QED) is 0.573. The van der Waals surface area contributed by atoms with Gasteiger partial charge >= 0.3 is 5.97 Å². The fraction of sp³-hybridized carbons (Fsp3) is 0.786. The number of hydrogen-bond donors (Lipinski definition) is 3. The molecule has 0 spiro atoms. The van der Waals surface area contributed by atoms with Gasteiger partial charge in [0.15, 0.2) is 0 Å². The van der Waals surface area contributed by atoms with Crippen LogP contribution >= 0.6 is 0 Å². The van der Waals surface area contributed by atoms with Gasteiger partial charge in [-0.25, -0.2) is 0 Å². The number of carbonyl (C=O) groups is 3. The van der Waals surface area contributed by atoms with Gasteiger partial charge in [-0.1, -0.05) is 13.8 Å². The van der Waals surface area contributed by atoms with Crippen molar-refractivity contribution < 1.29 is 19.1 Å². The van der Waals surface area contributed by atoms with Crippen LogP contribution in [-0.4, -0.2) is 35.5 Å². The summed E-state index contributed by atoms with van der Waals surface area (Å²) in [5.41, 5.74) is 10.3. The van der Waals surface area contributed by atoms with Crippen LogP contribution in [0.4, 0.5) is 0 Å². The van der Waals surface area contributed by atoms with Gasteiger partial charge in [-0.2, -0.15) is 0 Å². The van der Waals surface area contributed by atoms with E-state index in [1.54, 1.807) is 34.6 Å². The Balaban J connectivity index is 4.34. The average Bonchev–Trinajstić information content (AvgIpc) is 2.29. The molecule has 0 aromatic carbocycles. The van der Waals surface area contributed by atoms with Crippen molar-refractivity contribution in [2.24, 2.45) is 17.4 Å². The summed E-state index contributed by atoms with van der Waals surface area (Å²) in [6.07, 6.45) is 0.180. The molecular weight excluding hydrogens is 274 g/mol. The van der Waals surface area contributed by atoms with Gasteiger partial charge in [0, 0.05) is 6.42 Å². The maximum atomic E-state index is 11.9.